The second-order valence-corrected chi connectivity index (χ2v) is 5.87. The molecule has 0 spiro atoms. The van der Waals surface area contributed by atoms with Crippen LogP contribution in [0.2, 0.25) is 0 Å². The van der Waals surface area contributed by atoms with E-state index in [9.17, 15) is 14.7 Å². The van der Waals surface area contributed by atoms with E-state index >= 15 is 0 Å². The normalized spacial score (nSPS) is 25.8. The molecule has 0 aromatic rings. The molecule has 0 amide bonds. The van der Waals surface area contributed by atoms with Gasteiger partial charge in [0.15, 0.2) is 5.41 Å². The molecule has 0 saturated heterocycles. The molecule has 0 radical (unpaired) electrons. The molecule has 1 rings (SSSR count). The monoisotopic (exact) mass is 284 g/mol. The van der Waals surface area contributed by atoms with E-state index in [1.807, 2.05) is 6.92 Å². The Bertz CT molecular complexity index is 331. The van der Waals surface area contributed by atoms with Crippen molar-refractivity contribution in [3.8, 4) is 0 Å². The van der Waals surface area contributed by atoms with Crippen molar-refractivity contribution in [3.05, 3.63) is 0 Å². The standard InChI is InChI=1S/C16H28O4/c1-4-11-16(14(17)18,15(19)20-6-3)13-9-7-12(5-2)8-10-13/h12-13H,4-11H2,1-3H3,(H,17,18). The van der Waals surface area contributed by atoms with Gasteiger partial charge in [0.1, 0.15) is 0 Å². The van der Waals surface area contributed by atoms with Crippen molar-refractivity contribution in [2.24, 2.45) is 17.3 Å². The minimum Gasteiger partial charge on any atom is -0.480 e. The van der Waals surface area contributed by atoms with E-state index in [4.69, 9.17) is 4.74 Å². The number of hydrogen-bond donors (Lipinski definition) is 1. The fourth-order valence-corrected chi connectivity index (χ4v) is 3.56. The van der Waals surface area contributed by atoms with Crippen LogP contribution in [0, 0.1) is 17.3 Å². The molecule has 0 aromatic heterocycles. The highest BCUT2D eigenvalue weighted by molar-refractivity contribution is 5.99. The molecule has 1 fully saturated rings. The summed E-state index contributed by atoms with van der Waals surface area (Å²) in [4.78, 5) is 24.2. The lowest BCUT2D eigenvalue weighted by Crippen LogP contribution is -2.48. The maximum Gasteiger partial charge on any atom is 0.323 e. The number of rotatable bonds is 7. The van der Waals surface area contributed by atoms with E-state index in [1.165, 1.54) is 0 Å². The molecule has 0 bridgehead atoms. The highest BCUT2D eigenvalue weighted by atomic mass is 16.5. The number of aliphatic carboxylic acids is 1. The predicted octanol–water partition coefficient (Wildman–Crippen LogP) is 3.64. The third-order valence-corrected chi connectivity index (χ3v) is 4.79. The van der Waals surface area contributed by atoms with E-state index in [0.29, 0.717) is 18.8 Å². The van der Waals surface area contributed by atoms with Gasteiger partial charge in [0, 0.05) is 0 Å². The molecule has 4 heteroatoms. The zero-order valence-electron chi connectivity index (χ0n) is 13.0. The predicted molar refractivity (Wildman–Crippen MR) is 77.3 cm³/mol. The van der Waals surface area contributed by atoms with Crippen molar-refractivity contribution in [2.75, 3.05) is 6.61 Å². The molecule has 1 aliphatic carbocycles. The van der Waals surface area contributed by atoms with E-state index in [1.54, 1.807) is 6.92 Å². The first-order valence-corrected chi connectivity index (χ1v) is 7.93. The van der Waals surface area contributed by atoms with Crippen molar-refractivity contribution in [3.63, 3.8) is 0 Å². The van der Waals surface area contributed by atoms with E-state index < -0.39 is 17.4 Å². The Morgan fingerprint density at radius 1 is 1.15 bits per heavy atom. The SMILES string of the molecule is CCCC(C(=O)O)(C(=O)OCC)C1CCC(CC)CC1. The van der Waals surface area contributed by atoms with E-state index in [-0.39, 0.29) is 12.5 Å². The van der Waals surface area contributed by atoms with Gasteiger partial charge in [-0.2, -0.15) is 0 Å². The van der Waals surface area contributed by atoms with Crippen LogP contribution in [0.25, 0.3) is 0 Å². The number of carboxylic acid groups (broad SMARTS) is 1. The molecule has 1 saturated carbocycles. The summed E-state index contributed by atoms with van der Waals surface area (Å²) in [5.74, 6) is -0.935. The van der Waals surface area contributed by atoms with E-state index in [2.05, 4.69) is 6.92 Å². The van der Waals surface area contributed by atoms with Gasteiger partial charge in [-0.3, -0.25) is 9.59 Å². The van der Waals surface area contributed by atoms with Gasteiger partial charge in [-0.05, 0) is 38.0 Å². The Labute approximate surface area is 121 Å². The maximum absolute atomic E-state index is 12.3. The van der Waals surface area contributed by atoms with Crippen molar-refractivity contribution in [2.45, 2.75) is 65.7 Å². The molecule has 0 aromatic carbocycles. The summed E-state index contributed by atoms with van der Waals surface area (Å²) in [5, 5.41) is 9.73. The second kappa shape index (κ2) is 7.65. The van der Waals surface area contributed by atoms with Crippen LogP contribution in [-0.2, 0) is 14.3 Å². The topological polar surface area (TPSA) is 63.6 Å². The Balaban J connectivity index is 2.97. The average molecular weight is 284 g/mol. The molecular formula is C16H28O4. The first-order valence-electron chi connectivity index (χ1n) is 7.93. The fraction of sp³-hybridized carbons (Fsp3) is 0.875. The van der Waals surface area contributed by atoms with Crippen LogP contribution in [0.1, 0.15) is 65.7 Å². The zero-order valence-corrected chi connectivity index (χ0v) is 13.0. The summed E-state index contributed by atoms with van der Waals surface area (Å²) < 4.78 is 5.11. The van der Waals surface area contributed by atoms with Crippen molar-refractivity contribution in [1.29, 1.82) is 0 Å². The zero-order chi connectivity index (χ0) is 15.2. The number of ether oxygens (including phenoxy) is 1. The van der Waals surface area contributed by atoms with E-state index in [0.717, 1.165) is 32.1 Å². The molecular weight excluding hydrogens is 256 g/mol. The van der Waals surface area contributed by atoms with Crippen LogP contribution in [0.5, 0.6) is 0 Å². The molecule has 0 heterocycles. The van der Waals surface area contributed by atoms with Gasteiger partial charge in [0.25, 0.3) is 0 Å². The first-order chi connectivity index (χ1) is 9.52. The number of carbonyl (C=O) groups excluding carboxylic acids is 1. The van der Waals surface area contributed by atoms with Gasteiger partial charge in [-0.15, -0.1) is 0 Å². The molecule has 116 valence electrons. The van der Waals surface area contributed by atoms with Crippen molar-refractivity contribution in [1.82, 2.24) is 0 Å². The van der Waals surface area contributed by atoms with Crippen molar-refractivity contribution >= 4 is 11.9 Å². The van der Waals surface area contributed by atoms with Crippen LogP contribution < -0.4 is 0 Å². The second-order valence-electron chi connectivity index (χ2n) is 5.87. The highest BCUT2D eigenvalue weighted by Crippen LogP contribution is 2.45. The number of hydrogen-bond acceptors (Lipinski definition) is 3. The fourth-order valence-electron chi connectivity index (χ4n) is 3.56. The van der Waals surface area contributed by atoms with Crippen molar-refractivity contribution < 1.29 is 19.4 Å². The Morgan fingerprint density at radius 3 is 2.15 bits per heavy atom. The molecule has 1 N–H and O–H groups in total. The lowest BCUT2D eigenvalue weighted by Gasteiger charge is -2.39. The third kappa shape index (κ3) is 3.33. The molecule has 1 atom stereocenters. The number of carboxylic acids is 1. The molecule has 1 aliphatic rings. The Morgan fingerprint density at radius 2 is 1.75 bits per heavy atom. The lowest BCUT2D eigenvalue weighted by molar-refractivity contribution is -0.175. The van der Waals surface area contributed by atoms with Gasteiger partial charge >= 0.3 is 11.9 Å². The van der Waals surface area contributed by atoms with Crippen LogP contribution in [0.3, 0.4) is 0 Å². The van der Waals surface area contributed by atoms with Gasteiger partial charge < -0.3 is 9.84 Å². The average Bonchev–Trinajstić information content (AvgIpc) is 2.44. The van der Waals surface area contributed by atoms with Gasteiger partial charge in [0.05, 0.1) is 6.61 Å². The number of esters is 1. The lowest BCUT2D eigenvalue weighted by atomic mass is 9.64. The van der Waals surface area contributed by atoms with Crippen LogP contribution in [0.15, 0.2) is 0 Å². The summed E-state index contributed by atoms with van der Waals surface area (Å²) in [6.07, 6.45) is 5.90. The summed E-state index contributed by atoms with van der Waals surface area (Å²) in [6.45, 7) is 6.06. The smallest absolute Gasteiger partial charge is 0.323 e. The molecule has 20 heavy (non-hydrogen) atoms. The molecule has 1 unspecified atom stereocenters. The summed E-state index contributed by atoms with van der Waals surface area (Å²) in [7, 11) is 0. The third-order valence-electron chi connectivity index (χ3n) is 4.79. The van der Waals surface area contributed by atoms with Crippen LogP contribution in [0.4, 0.5) is 0 Å². The van der Waals surface area contributed by atoms with Gasteiger partial charge in [-0.25, -0.2) is 0 Å². The molecule has 0 aliphatic heterocycles. The Hall–Kier alpha value is -1.06. The van der Waals surface area contributed by atoms with Crippen LogP contribution >= 0.6 is 0 Å². The maximum atomic E-state index is 12.3. The summed E-state index contributed by atoms with van der Waals surface area (Å²) >= 11 is 0. The first kappa shape index (κ1) is 17.0. The minimum atomic E-state index is -1.33. The Kier molecular flexibility index (Phi) is 6.50. The quantitative estimate of drug-likeness (QED) is 0.572. The minimum absolute atomic E-state index is 0.0817. The summed E-state index contributed by atoms with van der Waals surface area (Å²) in [5.41, 5.74) is -1.33. The largest absolute Gasteiger partial charge is 0.480 e. The summed E-state index contributed by atoms with van der Waals surface area (Å²) in [6, 6.07) is 0. The van der Waals surface area contributed by atoms with Gasteiger partial charge in [-0.1, -0.05) is 39.5 Å². The number of carbonyl (C=O) groups is 2. The molecule has 4 nitrogen and oxygen atoms in total. The van der Waals surface area contributed by atoms with Crippen LogP contribution in [-0.4, -0.2) is 23.7 Å². The van der Waals surface area contributed by atoms with Gasteiger partial charge in [0.2, 0.25) is 0 Å². The highest BCUT2D eigenvalue weighted by Gasteiger charge is 2.53.